The van der Waals surface area contributed by atoms with Crippen molar-refractivity contribution in [2.24, 2.45) is 0 Å². The van der Waals surface area contributed by atoms with E-state index in [-0.39, 0.29) is 11.8 Å². The molecule has 3 aromatic rings. The van der Waals surface area contributed by atoms with Crippen molar-refractivity contribution in [2.75, 3.05) is 26.2 Å². The zero-order valence-corrected chi connectivity index (χ0v) is 14.5. The number of halogens is 1. The van der Waals surface area contributed by atoms with Crippen LogP contribution in [0.2, 0.25) is 0 Å². The van der Waals surface area contributed by atoms with Crippen LogP contribution in [-0.2, 0) is 0 Å². The summed E-state index contributed by atoms with van der Waals surface area (Å²) in [7, 11) is 0. The van der Waals surface area contributed by atoms with Gasteiger partial charge in [0.05, 0.1) is 17.2 Å². The van der Waals surface area contributed by atoms with Crippen molar-refractivity contribution in [3.05, 3.63) is 71.8 Å². The van der Waals surface area contributed by atoms with Crippen LogP contribution in [0.5, 0.6) is 0 Å². The zero-order chi connectivity index (χ0) is 18.8. The van der Waals surface area contributed by atoms with Crippen molar-refractivity contribution in [1.82, 2.24) is 19.8 Å². The molecule has 1 aliphatic rings. The first kappa shape index (κ1) is 17.1. The van der Waals surface area contributed by atoms with E-state index in [0.717, 1.165) is 5.52 Å². The Morgan fingerprint density at radius 2 is 1.52 bits per heavy atom. The highest BCUT2D eigenvalue weighted by atomic mass is 19.1. The summed E-state index contributed by atoms with van der Waals surface area (Å²) in [5.41, 5.74) is 2.01. The normalized spacial score (nSPS) is 14.4. The topological polar surface area (TPSA) is 66.4 Å². The first-order chi connectivity index (χ1) is 13.1. The summed E-state index contributed by atoms with van der Waals surface area (Å²) in [5, 5.41) is 0. The number of fused-ring (bicyclic) bond motifs is 1. The van der Waals surface area contributed by atoms with Crippen LogP contribution in [0.15, 0.2) is 54.7 Å². The van der Waals surface area contributed by atoms with Crippen LogP contribution in [0.3, 0.4) is 0 Å². The predicted molar refractivity (Wildman–Crippen MR) is 97.7 cm³/mol. The highest BCUT2D eigenvalue weighted by molar-refractivity contribution is 5.95. The van der Waals surface area contributed by atoms with E-state index in [1.165, 1.54) is 24.4 Å². The fourth-order valence-corrected chi connectivity index (χ4v) is 3.14. The van der Waals surface area contributed by atoms with Crippen molar-refractivity contribution in [3.63, 3.8) is 0 Å². The number of piperazine rings is 1. The first-order valence-corrected chi connectivity index (χ1v) is 8.68. The summed E-state index contributed by atoms with van der Waals surface area (Å²) in [6, 6.07) is 13.0. The third kappa shape index (κ3) is 3.48. The molecule has 0 atom stereocenters. The van der Waals surface area contributed by atoms with Gasteiger partial charge in [-0.15, -0.1) is 0 Å². The molecule has 1 saturated heterocycles. The summed E-state index contributed by atoms with van der Waals surface area (Å²) >= 11 is 0. The summed E-state index contributed by atoms with van der Waals surface area (Å²) in [6.45, 7) is 1.58. The van der Waals surface area contributed by atoms with Gasteiger partial charge in [-0.25, -0.2) is 9.37 Å². The third-order valence-corrected chi connectivity index (χ3v) is 4.59. The Kier molecular flexibility index (Phi) is 4.50. The van der Waals surface area contributed by atoms with E-state index in [9.17, 15) is 14.0 Å². The van der Waals surface area contributed by atoms with E-state index in [4.69, 9.17) is 0 Å². The molecule has 27 heavy (non-hydrogen) atoms. The number of aromatic nitrogens is 2. The smallest absolute Gasteiger partial charge is 0.274 e. The van der Waals surface area contributed by atoms with Gasteiger partial charge in [0.15, 0.2) is 0 Å². The second kappa shape index (κ2) is 7.11. The maximum atomic E-state index is 13.3. The molecule has 2 heterocycles. The maximum absolute atomic E-state index is 13.3. The molecule has 4 rings (SSSR count). The lowest BCUT2D eigenvalue weighted by molar-refractivity contribution is 0.0532. The Bertz CT molecular complexity index is 1020. The average molecular weight is 364 g/mol. The third-order valence-electron chi connectivity index (χ3n) is 4.59. The maximum Gasteiger partial charge on any atom is 0.274 e. The van der Waals surface area contributed by atoms with Crippen molar-refractivity contribution >= 4 is 22.8 Å². The number of nitrogens with zero attached hydrogens (tertiary/aromatic N) is 4. The van der Waals surface area contributed by atoms with E-state index < -0.39 is 5.82 Å². The second-order valence-corrected chi connectivity index (χ2v) is 6.34. The lowest BCUT2D eigenvalue weighted by Gasteiger charge is -2.34. The van der Waals surface area contributed by atoms with E-state index in [0.29, 0.717) is 43.0 Å². The Morgan fingerprint density at radius 3 is 2.22 bits per heavy atom. The Hall–Kier alpha value is -3.35. The Balaban J connectivity index is 1.43. The highest BCUT2D eigenvalue weighted by Crippen LogP contribution is 2.14. The standard InChI is InChI=1S/C20H17FN4O2/c21-15-5-3-4-14(12-15)19(26)24-8-10-25(11-9-24)20(27)18-13-22-16-6-1-2-7-17(16)23-18/h1-7,12-13H,8-11H2. The first-order valence-electron chi connectivity index (χ1n) is 8.68. The molecule has 1 aromatic heterocycles. The van der Waals surface area contributed by atoms with Gasteiger partial charge in [-0.3, -0.25) is 14.6 Å². The molecule has 0 unspecified atom stereocenters. The lowest BCUT2D eigenvalue weighted by atomic mass is 10.1. The molecule has 136 valence electrons. The number of para-hydroxylation sites is 2. The number of amides is 2. The fourth-order valence-electron chi connectivity index (χ4n) is 3.14. The molecule has 0 aliphatic carbocycles. The predicted octanol–water partition coefficient (Wildman–Crippen LogP) is 2.37. The molecule has 6 nitrogen and oxygen atoms in total. The fraction of sp³-hybridized carbons (Fsp3) is 0.200. The van der Waals surface area contributed by atoms with Crippen molar-refractivity contribution in [2.45, 2.75) is 0 Å². The van der Waals surface area contributed by atoms with Crippen LogP contribution in [0.25, 0.3) is 11.0 Å². The van der Waals surface area contributed by atoms with Gasteiger partial charge in [-0.2, -0.15) is 0 Å². The van der Waals surface area contributed by atoms with Crippen LogP contribution >= 0.6 is 0 Å². The Morgan fingerprint density at radius 1 is 0.852 bits per heavy atom. The van der Waals surface area contributed by atoms with E-state index in [2.05, 4.69) is 9.97 Å². The minimum Gasteiger partial charge on any atom is -0.335 e. The van der Waals surface area contributed by atoms with Gasteiger partial charge in [-0.05, 0) is 30.3 Å². The number of rotatable bonds is 2. The van der Waals surface area contributed by atoms with Gasteiger partial charge in [0.2, 0.25) is 0 Å². The molecule has 1 fully saturated rings. The van der Waals surface area contributed by atoms with Gasteiger partial charge in [0.1, 0.15) is 11.5 Å². The van der Waals surface area contributed by atoms with Crippen LogP contribution in [0, 0.1) is 5.82 Å². The molecule has 0 saturated carbocycles. The molecule has 0 N–H and O–H groups in total. The molecule has 2 aromatic carbocycles. The molecule has 2 amide bonds. The van der Waals surface area contributed by atoms with Gasteiger partial charge < -0.3 is 9.80 Å². The quantitative estimate of drug-likeness (QED) is 0.700. The zero-order valence-electron chi connectivity index (χ0n) is 14.5. The number of carbonyl (C=O) groups is 2. The van der Waals surface area contributed by atoms with E-state index in [1.54, 1.807) is 15.9 Å². The van der Waals surface area contributed by atoms with E-state index in [1.807, 2.05) is 24.3 Å². The van der Waals surface area contributed by atoms with Crippen molar-refractivity contribution in [3.8, 4) is 0 Å². The molecule has 0 radical (unpaired) electrons. The van der Waals surface area contributed by atoms with Gasteiger partial charge in [0.25, 0.3) is 11.8 Å². The molecule has 7 heteroatoms. The monoisotopic (exact) mass is 364 g/mol. The van der Waals surface area contributed by atoms with E-state index >= 15 is 0 Å². The van der Waals surface area contributed by atoms with Crippen LogP contribution < -0.4 is 0 Å². The van der Waals surface area contributed by atoms with Crippen molar-refractivity contribution in [1.29, 1.82) is 0 Å². The van der Waals surface area contributed by atoms with Gasteiger partial charge in [-0.1, -0.05) is 18.2 Å². The number of carbonyl (C=O) groups excluding carboxylic acids is 2. The van der Waals surface area contributed by atoms with Crippen molar-refractivity contribution < 1.29 is 14.0 Å². The van der Waals surface area contributed by atoms with Gasteiger partial charge >= 0.3 is 0 Å². The number of hydrogen-bond donors (Lipinski definition) is 0. The summed E-state index contributed by atoms with van der Waals surface area (Å²) in [4.78, 5) is 37.1. The molecular weight excluding hydrogens is 347 g/mol. The largest absolute Gasteiger partial charge is 0.335 e. The number of hydrogen-bond acceptors (Lipinski definition) is 4. The van der Waals surface area contributed by atoms with Gasteiger partial charge in [0, 0.05) is 31.7 Å². The number of benzene rings is 2. The summed E-state index contributed by atoms with van der Waals surface area (Å²) < 4.78 is 13.3. The highest BCUT2D eigenvalue weighted by Gasteiger charge is 2.26. The van der Waals surface area contributed by atoms with Crippen LogP contribution in [-0.4, -0.2) is 57.8 Å². The van der Waals surface area contributed by atoms with Crippen LogP contribution in [0.4, 0.5) is 4.39 Å². The summed E-state index contributed by atoms with van der Waals surface area (Å²) in [5.74, 6) is -0.872. The SMILES string of the molecule is O=C(c1cccc(F)c1)N1CCN(C(=O)c2cnc3ccccc3n2)CC1. The average Bonchev–Trinajstić information content (AvgIpc) is 2.72. The molecular formula is C20H17FN4O2. The minimum absolute atomic E-state index is 0.203. The lowest BCUT2D eigenvalue weighted by Crippen LogP contribution is -2.50. The molecule has 0 spiro atoms. The summed E-state index contributed by atoms with van der Waals surface area (Å²) in [6.07, 6.45) is 1.48. The van der Waals surface area contributed by atoms with Crippen LogP contribution in [0.1, 0.15) is 20.8 Å². The molecule has 0 bridgehead atoms. The molecule has 1 aliphatic heterocycles. The Labute approximate surface area is 155 Å². The second-order valence-electron chi connectivity index (χ2n) is 6.34. The minimum atomic E-state index is -0.440.